The van der Waals surface area contributed by atoms with E-state index in [1.54, 1.807) is 24.7 Å². The average Bonchev–Trinajstić information content (AvgIpc) is 3.03. The number of hydrogen-bond donors (Lipinski definition) is 2. The van der Waals surface area contributed by atoms with E-state index >= 15 is 0 Å². The molecule has 2 aromatic rings. The summed E-state index contributed by atoms with van der Waals surface area (Å²) >= 11 is 0. The molecule has 0 atom stereocenters. The Morgan fingerprint density at radius 2 is 2.17 bits per heavy atom. The number of amides is 1. The zero-order valence-corrected chi connectivity index (χ0v) is 9.42. The highest BCUT2D eigenvalue weighted by Crippen LogP contribution is 2.16. The van der Waals surface area contributed by atoms with Crippen LogP contribution in [0.1, 0.15) is 11.3 Å². The summed E-state index contributed by atoms with van der Waals surface area (Å²) in [5, 5.41) is 4.04. The van der Waals surface area contributed by atoms with Crippen molar-refractivity contribution in [2.24, 2.45) is 5.10 Å². The van der Waals surface area contributed by atoms with Gasteiger partial charge in [-0.25, -0.2) is 5.43 Å². The van der Waals surface area contributed by atoms with Crippen LogP contribution < -0.4 is 5.43 Å². The number of nitrogens with zero attached hydrogens (tertiary/aromatic N) is 2. The van der Waals surface area contributed by atoms with Gasteiger partial charge in [0.1, 0.15) is 5.71 Å². The van der Waals surface area contributed by atoms with Gasteiger partial charge in [0.05, 0.1) is 5.57 Å². The number of H-pyrrole nitrogens is 1. The van der Waals surface area contributed by atoms with Gasteiger partial charge in [-0.15, -0.1) is 0 Å². The largest absolute Gasteiger partial charge is 0.362 e. The van der Waals surface area contributed by atoms with Gasteiger partial charge in [0.15, 0.2) is 0 Å². The lowest BCUT2D eigenvalue weighted by molar-refractivity contribution is -0.116. The summed E-state index contributed by atoms with van der Waals surface area (Å²) in [6, 6.07) is 7.45. The third kappa shape index (κ3) is 1.82. The Bertz CT molecular complexity index is 626. The van der Waals surface area contributed by atoms with E-state index in [2.05, 4.69) is 20.5 Å². The molecule has 0 radical (unpaired) electrons. The van der Waals surface area contributed by atoms with E-state index in [-0.39, 0.29) is 5.91 Å². The Balaban J connectivity index is 2.03. The zero-order valence-electron chi connectivity index (χ0n) is 9.42. The predicted molar refractivity (Wildman–Crippen MR) is 67.7 cm³/mol. The molecule has 1 aliphatic heterocycles. The Kier molecular flexibility index (Phi) is 2.49. The molecule has 3 rings (SSSR count). The molecule has 1 amide bonds. The van der Waals surface area contributed by atoms with E-state index in [0.717, 1.165) is 11.3 Å². The van der Waals surface area contributed by atoms with Crippen LogP contribution in [-0.4, -0.2) is 21.6 Å². The van der Waals surface area contributed by atoms with Gasteiger partial charge >= 0.3 is 0 Å². The van der Waals surface area contributed by atoms with Gasteiger partial charge in [-0.1, -0.05) is 0 Å². The number of pyridine rings is 1. The fourth-order valence-corrected chi connectivity index (χ4v) is 1.78. The molecular weight excluding hydrogens is 228 g/mol. The molecule has 0 spiro atoms. The van der Waals surface area contributed by atoms with Crippen molar-refractivity contribution in [2.45, 2.75) is 0 Å². The number of carbonyl (C=O) groups is 1. The summed E-state index contributed by atoms with van der Waals surface area (Å²) in [4.78, 5) is 18.8. The van der Waals surface area contributed by atoms with Gasteiger partial charge in [-0.2, -0.15) is 5.10 Å². The standard InChI is InChI=1S/C13H10N4O/c18-13-11(7-10-4-2-6-15-10)12(16-17-13)9-3-1-5-14-8-9/h1-8,15H,(H,17,18). The molecule has 0 aromatic carbocycles. The number of hydrazone groups is 1. The van der Waals surface area contributed by atoms with Crippen LogP contribution >= 0.6 is 0 Å². The van der Waals surface area contributed by atoms with Gasteiger partial charge < -0.3 is 4.98 Å². The zero-order chi connectivity index (χ0) is 12.4. The molecule has 5 heteroatoms. The first-order valence-electron chi connectivity index (χ1n) is 5.48. The molecule has 0 saturated carbocycles. The fraction of sp³-hybridized carbons (Fsp3) is 0. The Labute approximate surface area is 103 Å². The quantitative estimate of drug-likeness (QED) is 0.775. The van der Waals surface area contributed by atoms with Crippen molar-refractivity contribution >= 4 is 17.7 Å². The van der Waals surface area contributed by atoms with Crippen LogP contribution in [0.2, 0.25) is 0 Å². The summed E-state index contributed by atoms with van der Waals surface area (Å²) in [6.07, 6.45) is 6.94. The van der Waals surface area contributed by atoms with Crippen molar-refractivity contribution < 1.29 is 4.79 Å². The van der Waals surface area contributed by atoms with Gasteiger partial charge in [0.25, 0.3) is 5.91 Å². The van der Waals surface area contributed by atoms with Crippen LogP contribution in [0.5, 0.6) is 0 Å². The van der Waals surface area contributed by atoms with Gasteiger partial charge in [-0.3, -0.25) is 9.78 Å². The van der Waals surface area contributed by atoms with Crippen molar-refractivity contribution in [1.82, 2.24) is 15.4 Å². The normalized spacial score (nSPS) is 16.8. The second-order valence-electron chi connectivity index (χ2n) is 3.83. The highest BCUT2D eigenvalue weighted by atomic mass is 16.2. The van der Waals surface area contributed by atoms with Crippen molar-refractivity contribution in [2.75, 3.05) is 0 Å². The molecule has 1 aliphatic rings. The first-order chi connectivity index (χ1) is 8.84. The molecule has 0 aliphatic carbocycles. The SMILES string of the molecule is O=C1NN=C(c2cccnc2)C1=Cc1ccc[nH]1. The third-order valence-corrected chi connectivity index (χ3v) is 2.63. The first-order valence-corrected chi connectivity index (χ1v) is 5.48. The number of aromatic amines is 1. The lowest BCUT2D eigenvalue weighted by Crippen LogP contribution is -2.13. The molecule has 2 aromatic heterocycles. The summed E-state index contributed by atoms with van der Waals surface area (Å²) in [5.74, 6) is -0.205. The molecule has 18 heavy (non-hydrogen) atoms. The topological polar surface area (TPSA) is 70.1 Å². The first kappa shape index (κ1) is 10.5. The molecule has 5 nitrogen and oxygen atoms in total. The van der Waals surface area contributed by atoms with Crippen LogP contribution in [0, 0.1) is 0 Å². The van der Waals surface area contributed by atoms with Crippen LogP contribution in [0.3, 0.4) is 0 Å². The number of hydrogen-bond acceptors (Lipinski definition) is 3. The predicted octanol–water partition coefficient (Wildman–Crippen LogP) is 1.33. The molecule has 0 saturated heterocycles. The second kappa shape index (κ2) is 4.29. The van der Waals surface area contributed by atoms with E-state index in [1.165, 1.54) is 0 Å². The smallest absolute Gasteiger partial charge is 0.273 e. The molecule has 0 fully saturated rings. The van der Waals surface area contributed by atoms with Crippen molar-refractivity contribution in [1.29, 1.82) is 0 Å². The fourth-order valence-electron chi connectivity index (χ4n) is 1.78. The van der Waals surface area contributed by atoms with Crippen molar-refractivity contribution in [3.63, 3.8) is 0 Å². The molecular formula is C13H10N4O. The highest BCUT2D eigenvalue weighted by molar-refractivity contribution is 6.33. The Morgan fingerprint density at radius 3 is 2.89 bits per heavy atom. The van der Waals surface area contributed by atoms with Gasteiger partial charge in [0, 0.05) is 29.8 Å². The Morgan fingerprint density at radius 1 is 1.22 bits per heavy atom. The number of aromatic nitrogens is 2. The number of carbonyl (C=O) groups excluding carboxylic acids is 1. The Hall–Kier alpha value is -2.69. The summed E-state index contributed by atoms with van der Waals surface area (Å²) in [7, 11) is 0. The third-order valence-electron chi connectivity index (χ3n) is 2.63. The maximum absolute atomic E-state index is 11.8. The van der Waals surface area contributed by atoms with Crippen molar-refractivity contribution in [3.05, 3.63) is 59.7 Å². The molecule has 0 bridgehead atoms. The minimum atomic E-state index is -0.205. The molecule has 0 unspecified atom stereocenters. The van der Waals surface area contributed by atoms with Crippen LogP contribution in [0.25, 0.3) is 6.08 Å². The lowest BCUT2D eigenvalue weighted by atomic mass is 10.0. The summed E-state index contributed by atoms with van der Waals surface area (Å²) < 4.78 is 0. The number of nitrogens with one attached hydrogen (secondary N) is 2. The monoisotopic (exact) mass is 238 g/mol. The minimum Gasteiger partial charge on any atom is -0.362 e. The van der Waals surface area contributed by atoms with Gasteiger partial charge in [0.2, 0.25) is 0 Å². The molecule has 88 valence electrons. The summed E-state index contributed by atoms with van der Waals surface area (Å²) in [6.45, 7) is 0. The number of rotatable bonds is 2. The van der Waals surface area contributed by atoms with Crippen LogP contribution in [0.4, 0.5) is 0 Å². The van der Waals surface area contributed by atoms with Crippen LogP contribution in [-0.2, 0) is 4.79 Å². The molecule has 2 N–H and O–H groups in total. The van der Waals surface area contributed by atoms with E-state index in [1.807, 2.05) is 24.3 Å². The maximum Gasteiger partial charge on any atom is 0.273 e. The second-order valence-corrected chi connectivity index (χ2v) is 3.83. The van der Waals surface area contributed by atoms with Crippen molar-refractivity contribution in [3.8, 4) is 0 Å². The van der Waals surface area contributed by atoms with E-state index in [4.69, 9.17) is 0 Å². The van der Waals surface area contributed by atoms with Gasteiger partial charge in [-0.05, 0) is 30.3 Å². The van der Waals surface area contributed by atoms with E-state index in [0.29, 0.717) is 11.3 Å². The average molecular weight is 238 g/mol. The highest BCUT2D eigenvalue weighted by Gasteiger charge is 2.23. The lowest BCUT2D eigenvalue weighted by Gasteiger charge is -2.00. The summed E-state index contributed by atoms with van der Waals surface area (Å²) in [5.41, 5.74) is 5.29. The minimum absolute atomic E-state index is 0.205. The maximum atomic E-state index is 11.8. The molecule has 3 heterocycles. The van der Waals surface area contributed by atoms with Crippen LogP contribution in [0.15, 0.2) is 53.5 Å². The van der Waals surface area contributed by atoms with E-state index in [9.17, 15) is 4.79 Å². The van der Waals surface area contributed by atoms with E-state index < -0.39 is 0 Å².